The van der Waals surface area contributed by atoms with E-state index in [4.69, 9.17) is 19.1 Å². The number of carbonyl (C=O) groups excluding carboxylic acids is 2. The van der Waals surface area contributed by atoms with Gasteiger partial charge in [0.05, 0.1) is 19.1 Å². The monoisotopic (exact) mass is 393 g/mol. The third-order valence-electron chi connectivity index (χ3n) is 5.62. The van der Waals surface area contributed by atoms with Gasteiger partial charge in [-0.05, 0) is 19.3 Å². The molecule has 4 rings (SSSR count). The SMILES string of the molecule is CC(=O)N1CCC(C(=O)N2CCc3oc(C4CCOC4)nc3C2)CC1.O=CO. The number of carbonyl (C=O) groups is 3. The van der Waals surface area contributed by atoms with Crippen LogP contribution in [0.1, 0.15) is 49.4 Å². The molecule has 1 N–H and O–H groups in total. The third-order valence-corrected chi connectivity index (χ3v) is 5.62. The molecular weight excluding hydrogens is 366 g/mol. The number of likely N-dealkylation sites (tertiary alicyclic amines) is 1. The van der Waals surface area contributed by atoms with Crippen LogP contribution < -0.4 is 0 Å². The van der Waals surface area contributed by atoms with Crippen LogP contribution in [0.2, 0.25) is 0 Å². The zero-order valence-electron chi connectivity index (χ0n) is 16.1. The van der Waals surface area contributed by atoms with E-state index in [-0.39, 0.29) is 30.1 Å². The molecule has 2 saturated heterocycles. The van der Waals surface area contributed by atoms with Crippen LogP contribution in [0.15, 0.2) is 4.42 Å². The highest BCUT2D eigenvalue weighted by molar-refractivity contribution is 5.80. The van der Waals surface area contributed by atoms with Crippen molar-refractivity contribution in [2.24, 2.45) is 5.92 Å². The van der Waals surface area contributed by atoms with Gasteiger partial charge in [0.2, 0.25) is 11.8 Å². The van der Waals surface area contributed by atoms with Gasteiger partial charge in [0, 0.05) is 45.5 Å². The lowest BCUT2D eigenvalue weighted by molar-refractivity contribution is -0.140. The topological polar surface area (TPSA) is 113 Å². The number of oxazole rings is 1. The Morgan fingerprint density at radius 1 is 1.18 bits per heavy atom. The third kappa shape index (κ3) is 4.52. The molecule has 0 aromatic carbocycles. The van der Waals surface area contributed by atoms with Gasteiger partial charge in [-0.3, -0.25) is 14.4 Å². The van der Waals surface area contributed by atoms with E-state index in [2.05, 4.69) is 4.98 Å². The van der Waals surface area contributed by atoms with E-state index in [1.807, 2.05) is 9.80 Å². The average Bonchev–Trinajstić information content (AvgIpc) is 3.37. The first-order valence-electron chi connectivity index (χ1n) is 9.71. The number of nitrogens with zero attached hydrogens (tertiary/aromatic N) is 3. The molecular formula is C19H27N3O6. The van der Waals surface area contributed by atoms with E-state index in [1.54, 1.807) is 6.92 Å². The number of piperidine rings is 1. The molecule has 1 aromatic heterocycles. The Bertz CT molecular complexity index is 705. The van der Waals surface area contributed by atoms with Gasteiger partial charge in [-0.2, -0.15) is 0 Å². The Morgan fingerprint density at radius 3 is 2.50 bits per heavy atom. The van der Waals surface area contributed by atoms with Crippen LogP contribution >= 0.6 is 0 Å². The van der Waals surface area contributed by atoms with Gasteiger partial charge in [0.1, 0.15) is 11.5 Å². The molecule has 3 aliphatic heterocycles. The van der Waals surface area contributed by atoms with E-state index in [0.29, 0.717) is 32.8 Å². The Balaban J connectivity index is 0.000000706. The molecule has 0 aliphatic carbocycles. The summed E-state index contributed by atoms with van der Waals surface area (Å²) in [5.74, 6) is 2.27. The second kappa shape index (κ2) is 9.18. The van der Waals surface area contributed by atoms with Gasteiger partial charge in [0.25, 0.3) is 6.47 Å². The molecule has 4 heterocycles. The van der Waals surface area contributed by atoms with E-state index in [0.717, 1.165) is 49.6 Å². The summed E-state index contributed by atoms with van der Waals surface area (Å²) in [6, 6.07) is 0. The lowest BCUT2D eigenvalue weighted by Crippen LogP contribution is -2.45. The Kier molecular flexibility index (Phi) is 6.66. The fourth-order valence-corrected chi connectivity index (χ4v) is 4.01. The van der Waals surface area contributed by atoms with Gasteiger partial charge < -0.3 is 24.1 Å². The Morgan fingerprint density at radius 2 is 1.89 bits per heavy atom. The summed E-state index contributed by atoms with van der Waals surface area (Å²) in [6.45, 7) is 5.37. The quantitative estimate of drug-likeness (QED) is 0.746. The van der Waals surface area contributed by atoms with Gasteiger partial charge in [0.15, 0.2) is 5.89 Å². The van der Waals surface area contributed by atoms with Crippen LogP contribution in [-0.2, 0) is 32.1 Å². The molecule has 9 heteroatoms. The molecule has 154 valence electrons. The van der Waals surface area contributed by atoms with Crippen LogP contribution in [0.25, 0.3) is 0 Å². The van der Waals surface area contributed by atoms with Crippen LogP contribution in [0.4, 0.5) is 0 Å². The first-order valence-corrected chi connectivity index (χ1v) is 9.71. The molecule has 1 aromatic rings. The van der Waals surface area contributed by atoms with Crippen LogP contribution in [0, 0.1) is 5.92 Å². The molecule has 0 bridgehead atoms. The molecule has 28 heavy (non-hydrogen) atoms. The Hall–Kier alpha value is -2.42. The second-order valence-electron chi connectivity index (χ2n) is 7.38. The fraction of sp³-hybridized carbons (Fsp3) is 0.684. The standard InChI is InChI=1S/C18H25N3O4.CH2O2/c1-12(22)20-6-2-13(3-7-20)18(23)21-8-4-16-15(10-21)19-17(25-16)14-5-9-24-11-14;2-1-3/h13-14H,2-11H2,1H3;1H,(H,2,3). The number of hydrogen-bond acceptors (Lipinski definition) is 6. The van der Waals surface area contributed by atoms with Gasteiger partial charge in [-0.15, -0.1) is 0 Å². The number of fused-ring (bicyclic) bond motifs is 1. The molecule has 2 amide bonds. The summed E-state index contributed by atoms with van der Waals surface area (Å²) in [7, 11) is 0. The highest BCUT2D eigenvalue weighted by Crippen LogP contribution is 2.30. The van der Waals surface area contributed by atoms with Crippen molar-refractivity contribution in [2.75, 3.05) is 32.8 Å². The van der Waals surface area contributed by atoms with Crippen molar-refractivity contribution in [1.82, 2.24) is 14.8 Å². The predicted octanol–water partition coefficient (Wildman–Crippen LogP) is 1.02. The number of amides is 2. The molecule has 0 spiro atoms. The van der Waals surface area contributed by atoms with Crippen molar-refractivity contribution in [1.29, 1.82) is 0 Å². The van der Waals surface area contributed by atoms with Crippen molar-refractivity contribution in [3.63, 3.8) is 0 Å². The van der Waals surface area contributed by atoms with Crippen LogP contribution in [0.3, 0.4) is 0 Å². The van der Waals surface area contributed by atoms with Crippen molar-refractivity contribution in [2.45, 2.75) is 45.1 Å². The number of ether oxygens (including phenoxy) is 1. The van der Waals surface area contributed by atoms with Gasteiger partial charge in [-0.25, -0.2) is 4.98 Å². The van der Waals surface area contributed by atoms with Crippen LogP contribution in [0.5, 0.6) is 0 Å². The predicted molar refractivity (Wildman–Crippen MR) is 97.5 cm³/mol. The number of carboxylic acid groups (broad SMARTS) is 1. The summed E-state index contributed by atoms with van der Waals surface area (Å²) in [6.07, 6.45) is 3.20. The van der Waals surface area contributed by atoms with Crippen molar-refractivity contribution >= 4 is 18.3 Å². The normalized spacial score (nSPS) is 22.2. The summed E-state index contributed by atoms with van der Waals surface area (Å²) < 4.78 is 11.3. The summed E-state index contributed by atoms with van der Waals surface area (Å²) in [5, 5.41) is 6.89. The van der Waals surface area contributed by atoms with E-state index in [9.17, 15) is 9.59 Å². The molecule has 1 unspecified atom stereocenters. The molecule has 3 aliphatic rings. The van der Waals surface area contributed by atoms with Crippen molar-refractivity contribution in [3.05, 3.63) is 17.3 Å². The number of hydrogen-bond donors (Lipinski definition) is 1. The first kappa shape index (κ1) is 20.3. The first-order chi connectivity index (χ1) is 13.5. The maximum absolute atomic E-state index is 12.8. The maximum atomic E-state index is 12.8. The summed E-state index contributed by atoms with van der Waals surface area (Å²) in [5.41, 5.74) is 0.905. The molecule has 2 fully saturated rings. The second-order valence-corrected chi connectivity index (χ2v) is 7.38. The van der Waals surface area contributed by atoms with E-state index < -0.39 is 0 Å². The lowest BCUT2D eigenvalue weighted by atomic mass is 9.94. The van der Waals surface area contributed by atoms with Gasteiger partial charge >= 0.3 is 0 Å². The summed E-state index contributed by atoms with van der Waals surface area (Å²) in [4.78, 5) is 41.0. The van der Waals surface area contributed by atoms with Crippen molar-refractivity contribution in [3.8, 4) is 0 Å². The molecule has 0 saturated carbocycles. The molecule has 0 radical (unpaired) electrons. The minimum Gasteiger partial charge on any atom is -0.483 e. The van der Waals surface area contributed by atoms with Crippen molar-refractivity contribution < 1.29 is 28.6 Å². The highest BCUT2D eigenvalue weighted by atomic mass is 16.5. The lowest BCUT2D eigenvalue weighted by Gasteiger charge is -2.34. The minimum absolute atomic E-state index is 0.0201. The van der Waals surface area contributed by atoms with E-state index in [1.165, 1.54) is 0 Å². The zero-order chi connectivity index (χ0) is 20.1. The molecule has 9 nitrogen and oxygen atoms in total. The fourth-order valence-electron chi connectivity index (χ4n) is 4.01. The van der Waals surface area contributed by atoms with E-state index >= 15 is 0 Å². The largest absolute Gasteiger partial charge is 0.483 e. The summed E-state index contributed by atoms with van der Waals surface area (Å²) >= 11 is 0. The van der Waals surface area contributed by atoms with Gasteiger partial charge in [-0.1, -0.05) is 0 Å². The minimum atomic E-state index is -0.250. The average molecular weight is 393 g/mol. The molecule has 1 atom stereocenters. The van der Waals surface area contributed by atoms with Crippen LogP contribution in [-0.4, -0.2) is 71.0 Å². The smallest absolute Gasteiger partial charge is 0.290 e. The zero-order valence-corrected chi connectivity index (χ0v) is 16.1. The highest BCUT2D eigenvalue weighted by Gasteiger charge is 2.33. The number of rotatable bonds is 2. The maximum Gasteiger partial charge on any atom is 0.290 e. The Labute approximate surface area is 163 Å². The number of aromatic nitrogens is 1.